The number of aryl methyl sites for hydroxylation is 1. The molecule has 1 saturated heterocycles. The number of aromatic nitrogens is 2. The quantitative estimate of drug-likeness (QED) is 0.719. The first kappa shape index (κ1) is 19.5. The molecule has 144 valence electrons. The van der Waals surface area contributed by atoms with Crippen LogP contribution in [0.25, 0.3) is 11.0 Å². The van der Waals surface area contributed by atoms with Gasteiger partial charge in [0.15, 0.2) is 0 Å². The van der Waals surface area contributed by atoms with E-state index in [9.17, 15) is 4.79 Å². The second-order valence-electron chi connectivity index (χ2n) is 7.01. The Kier molecular flexibility index (Phi) is 5.58. The number of rotatable bonds is 4. The van der Waals surface area contributed by atoms with E-state index in [4.69, 9.17) is 4.42 Å². The molecule has 1 atom stereocenters. The molecule has 1 aliphatic heterocycles. The average molecular weight is 389 g/mol. The summed E-state index contributed by atoms with van der Waals surface area (Å²) in [7, 11) is 0. The van der Waals surface area contributed by atoms with Crippen molar-refractivity contribution in [3.05, 3.63) is 54.0 Å². The van der Waals surface area contributed by atoms with Gasteiger partial charge in [0.05, 0.1) is 6.04 Å². The fourth-order valence-electron chi connectivity index (χ4n) is 3.93. The lowest BCUT2D eigenvalue weighted by molar-refractivity contribution is -0.132. The van der Waals surface area contributed by atoms with E-state index in [-0.39, 0.29) is 24.4 Å². The summed E-state index contributed by atoms with van der Waals surface area (Å²) >= 11 is 0. The van der Waals surface area contributed by atoms with E-state index in [2.05, 4.69) is 15.7 Å². The second kappa shape index (κ2) is 7.74. The molecule has 1 amide bonds. The summed E-state index contributed by atoms with van der Waals surface area (Å²) in [4.78, 5) is 13.3. The first-order chi connectivity index (χ1) is 12.6. The number of hydrogen-bond acceptors (Lipinski definition) is 4. The third-order valence-corrected chi connectivity index (χ3v) is 5.42. The Morgan fingerprint density at radius 3 is 2.70 bits per heavy atom. The fraction of sp³-hybridized carbons (Fsp3) is 0.400. The number of halogens is 1. The molecule has 1 aromatic carbocycles. The van der Waals surface area contributed by atoms with E-state index >= 15 is 0 Å². The Morgan fingerprint density at radius 1 is 1.30 bits per heavy atom. The van der Waals surface area contributed by atoms with Crippen LogP contribution in [-0.4, -0.2) is 28.8 Å². The van der Waals surface area contributed by atoms with Crippen molar-refractivity contribution in [2.45, 2.75) is 38.3 Å². The van der Waals surface area contributed by atoms with Gasteiger partial charge >= 0.3 is 0 Å². The van der Waals surface area contributed by atoms with Crippen LogP contribution in [-0.2, 0) is 10.3 Å². The van der Waals surface area contributed by atoms with Gasteiger partial charge in [-0.15, -0.1) is 12.4 Å². The van der Waals surface area contributed by atoms with Crippen molar-refractivity contribution < 1.29 is 9.21 Å². The summed E-state index contributed by atoms with van der Waals surface area (Å²) in [6.07, 6.45) is 5.03. The Balaban J connectivity index is 0.00000210. The van der Waals surface area contributed by atoms with Crippen LogP contribution < -0.4 is 10.6 Å². The SMILES string of the molecule is Cc1c(C(C)NC(=O)C2(n3cccn3)CCNCC2)oc2ccccc12.Cl. The van der Waals surface area contributed by atoms with Crippen LogP contribution in [0, 0.1) is 6.92 Å². The van der Waals surface area contributed by atoms with Gasteiger partial charge in [0.25, 0.3) is 0 Å². The van der Waals surface area contributed by atoms with Gasteiger partial charge in [0.2, 0.25) is 5.91 Å². The minimum absolute atomic E-state index is 0. The largest absolute Gasteiger partial charge is 0.459 e. The molecule has 1 aliphatic rings. The number of para-hydroxylation sites is 1. The van der Waals surface area contributed by atoms with E-state index in [1.54, 1.807) is 10.9 Å². The molecule has 6 nitrogen and oxygen atoms in total. The number of fused-ring (bicyclic) bond motifs is 1. The lowest BCUT2D eigenvalue weighted by atomic mass is 9.87. The first-order valence-electron chi connectivity index (χ1n) is 9.12. The van der Waals surface area contributed by atoms with Gasteiger partial charge in [-0.3, -0.25) is 9.48 Å². The highest BCUT2D eigenvalue weighted by Gasteiger charge is 2.42. The third-order valence-electron chi connectivity index (χ3n) is 5.42. The molecule has 4 rings (SSSR count). The highest BCUT2D eigenvalue weighted by atomic mass is 35.5. The zero-order valence-electron chi connectivity index (χ0n) is 15.6. The van der Waals surface area contributed by atoms with Crippen molar-refractivity contribution in [1.29, 1.82) is 0 Å². The van der Waals surface area contributed by atoms with E-state index in [0.717, 1.165) is 35.4 Å². The molecule has 27 heavy (non-hydrogen) atoms. The highest BCUT2D eigenvalue weighted by Crippen LogP contribution is 2.32. The number of carbonyl (C=O) groups excluding carboxylic acids is 1. The predicted octanol–water partition coefficient (Wildman–Crippen LogP) is 3.32. The van der Waals surface area contributed by atoms with Crippen molar-refractivity contribution in [2.75, 3.05) is 13.1 Å². The smallest absolute Gasteiger partial charge is 0.248 e. The van der Waals surface area contributed by atoms with Crippen LogP contribution in [0.15, 0.2) is 47.1 Å². The number of nitrogens with one attached hydrogen (secondary N) is 2. The van der Waals surface area contributed by atoms with Crippen molar-refractivity contribution in [3.8, 4) is 0 Å². The second-order valence-corrected chi connectivity index (χ2v) is 7.01. The van der Waals surface area contributed by atoms with Crippen LogP contribution in [0.1, 0.15) is 37.1 Å². The molecule has 0 aliphatic carbocycles. The van der Waals surface area contributed by atoms with Crippen LogP contribution in [0.2, 0.25) is 0 Å². The minimum Gasteiger partial charge on any atom is -0.459 e. The Bertz CT molecular complexity index is 913. The number of piperidine rings is 1. The summed E-state index contributed by atoms with van der Waals surface area (Å²) in [5.41, 5.74) is 1.28. The van der Waals surface area contributed by atoms with E-state index in [0.29, 0.717) is 12.8 Å². The molecule has 2 N–H and O–H groups in total. The standard InChI is InChI=1S/C20H24N4O2.ClH/c1-14-16-6-3-4-7-17(16)26-18(14)15(2)23-19(25)20(8-11-21-12-9-20)24-13-5-10-22-24;/h3-7,10,13,15,21H,8-9,11-12H2,1-2H3,(H,23,25);1H. The molecule has 1 unspecified atom stereocenters. The van der Waals surface area contributed by atoms with Crippen molar-refractivity contribution in [3.63, 3.8) is 0 Å². The Morgan fingerprint density at radius 2 is 2.04 bits per heavy atom. The topological polar surface area (TPSA) is 72.1 Å². The Hall–Kier alpha value is -2.31. The summed E-state index contributed by atoms with van der Waals surface area (Å²) in [6.45, 7) is 5.61. The van der Waals surface area contributed by atoms with Gasteiger partial charge in [-0.25, -0.2) is 0 Å². The van der Waals surface area contributed by atoms with E-state index in [1.807, 2.05) is 50.4 Å². The fourth-order valence-corrected chi connectivity index (χ4v) is 3.93. The maximum absolute atomic E-state index is 13.3. The molecular formula is C20H25ClN4O2. The van der Waals surface area contributed by atoms with Crippen molar-refractivity contribution >= 4 is 29.3 Å². The van der Waals surface area contributed by atoms with Crippen LogP contribution >= 0.6 is 12.4 Å². The maximum Gasteiger partial charge on any atom is 0.248 e. The van der Waals surface area contributed by atoms with Gasteiger partial charge in [-0.2, -0.15) is 5.10 Å². The lowest BCUT2D eigenvalue weighted by Crippen LogP contribution is -2.55. The molecule has 3 heterocycles. The molecule has 0 saturated carbocycles. The molecule has 1 fully saturated rings. The van der Waals surface area contributed by atoms with Crippen LogP contribution in [0.5, 0.6) is 0 Å². The summed E-state index contributed by atoms with van der Waals surface area (Å²) < 4.78 is 7.83. The number of amides is 1. The summed E-state index contributed by atoms with van der Waals surface area (Å²) in [6, 6.07) is 9.61. The number of furan rings is 1. The molecule has 7 heteroatoms. The molecule has 0 bridgehead atoms. The normalized spacial score (nSPS) is 17.3. The Labute approximate surface area is 164 Å². The van der Waals surface area contributed by atoms with Crippen LogP contribution in [0.3, 0.4) is 0 Å². The zero-order valence-corrected chi connectivity index (χ0v) is 16.4. The molecular weight excluding hydrogens is 364 g/mol. The van der Waals surface area contributed by atoms with Gasteiger partial charge in [-0.05, 0) is 51.9 Å². The lowest BCUT2D eigenvalue weighted by Gasteiger charge is -2.37. The zero-order chi connectivity index (χ0) is 18.1. The van der Waals surface area contributed by atoms with Gasteiger partial charge in [0.1, 0.15) is 16.9 Å². The molecule has 0 spiro atoms. The van der Waals surface area contributed by atoms with E-state index < -0.39 is 5.54 Å². The van der Waals surface area contributed by atoms with Gasteiger partial charge in [0, 0.05) is 23.3 Å². The number of hydrogen-bond donors (Lipinski definition) is 2. The first-order valence-corrected chi connectivity index (χ1v) is 9.12. The monoisotopic (exact) mass is 388 g/mol. The summed E-state index contributed by atoms with van der Waals surface area (Å²) in [5, 5.41) is 12.0. The highest BCUT2D eigenvalue weighted by molar-refractivity contribution is 5.86. The third kappa shape index (κ3) is 3.35. The molecule has 3 aromatic rings. The van der Waals surface area contributed by atoms with Gasteiger partial charge in [-0.1, -0.05) is 18.2 Å². The summed E-state index contributed by atoms with van der Waals surface area (Å²) in [5.74, 6) is 0.805. The molecule has 0 radical (unpaired) electrons. The van der Waals surface area contributed by atoms with Crippen LogP contribution in [0.4, 0.5) is 0 Å². The minimum atomic E-state index is -0.650. The molecule has 2 aromatic heterocycles. The number of nitrogens with zero attached hydrogens (tertiary/aromatic N) is 2. The number of benzene rings is 1. The van der Waals surface area contributed by atoms with Crippen molar-refractivity contribution in [2.24, 2.45) is 0 Å². The van der Waals surface area contributed by atoms with E-state index in [1.165, 1.54) is 0 Å². The average Bonchev–Trinajstić information content (AvgIpc) is 3.31. The maximum atomic E-state index is 13.3. The number of carbonyl (C=O) groups is 1. The predicted molar refractivity (Wildman–Crippen MR) is 107 cm³/mol. The van der Waals surface area contributed by atoms with Gasteiger partial charge < -0.3 is 15.1 Å². The van der Waals surface area contributed by atoms with Crippen molar-refractivity contribution in [1.82, 2.24) is 20.4 Å².